The second-order valence-electron chi connectivity index (χ2n) is 7.71. The molecule has 8 heteroatoms. The summed E-state index contributed by atoms with van der Waals surface area (Å²) in [6, 6.07) is 16.8. The van der Waals surface area contributed by atoms with Crippen LogP contribution in [0.1, 0.15) is 27.7 Å². The van der Waals surface area contributed by atoms with Gasteiger partial charge in [0.1, 0.15) is 11.4 Å². The quantitative estimate of drug-likeness (QED) is 0.463. The monoisotopic (exact) mass is 460 g/mol. The summed E-state index contributed by atoms with van der Waals surface area (Å²) < 4.78 is 1.31. The first-order chi connectivity index (χ1) is 15.9. The van der Waals surface area contributed by atoms with Gasteiger partial charge in [-0.3, -0.25) is 19.0 Å². The average molecular weight is 461 g/mol. The summed E-state index contributed by atoms with van der Waals surface area (Å²) >= 11 is 1.17. The number of carbonyl (C=O) groups is 2. The molecule has 2 amide bonds. The SMILES string of the molecule is CCN(C(=O)Cn1cnc2sc(C(=O)Nc3ccccc3)c(C)c2c1=O)c1cccc(C)c1. The summed E-state index contributed by atoms with van der Waals surface area (Å²) in [6.07, 6.45) is 1.38. The van der Waals surface area contributed by atoms with Crippen molar-refractivity contribution >= 4 is 44.7 Å². The molecule has 4 rings (SSSR count). The number of amides is 2. The van der Waals surface area contributed by atoms with Gasteiger partial charge < -0.3 is 10.2 Å². The lowest BCUT2D eigenvalue weighted by molar-refractivity contribution is -0.119. The summed E-state index contributed by atoms with van der Waals surface area (Å²) in [5, 5.41) is 3.21. The summed E-state index contributed by atoms with van der Waals surface area (Å²) in [5.41, 5.74) is 2.74. The highest BCUT2D eigenvalue weighted by atomic mass is 32.1. The van der Waals surface area contributed by atoms with Crippen molar-refractivity contribution in [2.75, 3.05) is 16.8 Å². The Balaban J connectivity index is 1.63. The molecule has 0 aliphatic heterocycles. The van der Waals surface area contributed by atoms with E-state index >= 15 is 0 Å². The van der Waals surface area contributed by atoms with Crippen LogP contribution in [0.3, 0.4) is 0 Å². The van der Waals surface area contributed by atoms with Crippen molar-refractivity contribution in [3.63, 3.8) is 0 Å². The highest BCUT2D eigenvalue weighted by molar-refractivity contribution is 7.20. The van der Waals surface area contributed by atoms with Crippen molar-refractivity contribution in [2.45, 2.75) is 27.3 Å². The Bertz CT molecular complexity index is 1390. The van der Waals surface area contributed by atoms with Gasteiger partial charge in [0.2, 0.25) is 5.91 Å². The predicted octanol–water partition coefficient (Wildman–Crippen LogP) is 4.38. The largest absolute Gasteiger partial charge is 0.321 e. The smallest absolute Gasteiger partial charge is 0.266 e. The van der Waals surface area contributed by atoms with Gasteiger partial charge in [0.15, 0.2) is 0 Å². The van der Waals surface area contributed by atoms with E-state index in [-0.39, 0.29) is 23.9 Å². The maximum absolute atomic E-state index is 13.2. The molecular formula is C25H24N4O3S. The molecule has 0 aliphatic carbocycles. The number of nitrogens with zero attached hydrogens (tertiary/aromatic N) is 3. The number of fused-ring (bicyclic) bond motifs is 1. The molecule has 0 atom stereocenters. The number of para-hydroxylation sites is 1. The first-order valence-corrected chi connectivity index (χ1v) is 11.4. The first-order valence-electron chi connectivity index (χ1n) is 10.6. The van der Waals surface area contributed by atoms with Crippen molar-refractivity contribution in [3.8, 4) is 0 Å². The third-order valence-electron chi connectivity index (χ3n) is 5.39. The predicted molar refractivity (Wildman–Crippen MR) is 132 cm³/mol. The first kappa shape index (κ1) is 22.4. The Labute approximate surface area is 195 Å². The van der Waals surface area contributed by atoms with E-state index < -0.39 is 0 Å². The Morgan fingerprint density at radius 1 is 1.09 bits per heavy atom. The van der Waals surface area contributed by atoms with Gasteiger partial charge in [0, 0.05) is 17.9 Å². The van der Waals surface area contributed by atoms with E-state index in [9.17, 15) is 14.4 Å². The Hall–Kier alpha value is -3.78. The van der Waals surface area contributed by atoms with E-state index in [0.29, 0.717) is 32.9 Å². The van der Waals surface area contributed by atoms with Gasteiger partial charge >= 0.3 is 0 Å². The van der Waals surface area contributed by atoms with Crippen molar-refractivity contribution in [1.29, 1.82) is 0 Å². The van der Waals surface area contributed by atoms with Crippen molar-refractivity contribution in [1.82, 2.24) is 9.55 Å². The third kappa shape index (κ3) is 4.56. The van der Waals surface area contributed by atoms with Crippen LogP contribution in [0, 0.1) is 13.8 Å². The third-order valence-corrected chi connectivity index (χ3v) is 6.59. The maximum Gasteiger partial charge on any atom is 0.266 e. The molecule has 0 aliphatic rings. The molecule has 2 heterocycles. The number of carbonyl (C=O) groups excluding carboxylic acids is 2. The minimum atomic E-state index is -0.332. The zero-order chi connectivity index (χ0) is 23.5. The fourth-order valence-electron chi connectivity index (χ4n) is 3.73. The molecule has 33 heavy (non-hydrogen) atoms. The molecule has 168 valence electrons. The lowest BCUT2D eigenvalue weighted by atomic mass is 10.2. The van der Waals surface area contributed by atoms with Gasteiger partial charge in [-0.15, -0.1) is 11.3 Å². The van der Waals surface area contributed by atoms with Crippen LogP contribution in [0.25, 0.3) is 10.2 Å². The molecule has 1 N–H and O–H groups in total. The second-order valence-corrected chi connectivity index (χ2v) is 8.71. The van der Waals surface area contributed by atoms with E-state index in [1.807, 2.05) is 56.3 Å². The summed E-state index contributed by atoms with van der Waals surface area (Å²) in [6.45, 7) is 5.94. The van der Waals surface area contributed by atoms with Gasteiger partial charge in [-0.1, -0.05) is 30.3 Å². The van der Waals surface area contributed by atoms with E-state index in [2.05, 4.69) is 10.3 Å². The molecule has 0 saturated heterocycles. The lowest BCUT2D eigenvalue weighted by Crippen LogP contribution is -2.36. The standard InChI is InChI=1S/C25H24N4O3S/c1-4-29(19-12-8-9-16(2)13-19)20(30)14-28-15-26-24-21(25(28)32)17(3)22(33-24)23(31)27-18-10-6-5-7-11-18/h5-13,15H,4,14H2,1-3H3,(H,27,31). The van der Waals surface area contributed by atoms with Gasteiger partial charge in [-0.25, -0.2) is 4.98 Å². The number of hydrogen-bond donors (Lipinski definition) is 1. The van der Waals surface area contributed by atoms with Crippen LogP contribution in [-0.4, -0.2) is 27.9 Å². The van der Waals surface area contributed by atoms with Gasteiger partial charge in [-0.2, -0.15) is 0 Å². The molecule has 0 radical (unpaired) electrons. The number of aryl methyl sites for hydroxylation is 2. The number of likely N-dealkylation sites (N-methyl/N-ethyl adjacent to an activating group) is 1. The van der Waals surface area contributed by atoms with Crippen molar-refractivity contribution < 1.29 is 9.59 Å². The maximum atomic E-state index is 13.2. The molecule has 0 fully saturated rings. The molecule has 2 aromatic heterocycles. The summed E-state index contributed by atoms with van der Waals surface area (Å²) in [4.78, 5) is 45.9. The minimum absolute atomic E-state index is 0.135. The van der Waals surface area contributed by atoms with Crippen LogP contribution in [0.5, 0.6) is 0 Å². The van der Waals surface area contributed by atoms with Crippen molar-refractivity contribution in [3.05, 3.63) is 87.3 Å². The summed E-state index contributed by atoms with van der Waals surface area (Å²) in [5.74, 6) is -0.499. The van der Waals surface area contributed by atoms with Crippen molar-refractivity contribution in [2.24, 2.45) is 0 Å². The lowest BCUT2D eigenvalue weighted by Gasteiger charge is -2.22. The zero-order valence-electron chi connectivity index (χ0n) is 18.7. The molecule has 2 aromatic carbocycles. The van der Waals surface area contributed by atoms with Crippen LogP contribution in [0.4, 0.5) is 11.4 Å². The topological polar surface area (TPSA) is 84.3 Å². The molecule has 0 saturated carbocycles. The van der Waals surface area contributed by atoms with E-state index in [0.717, 1.165) is 11.3 Å². The summed E-state index contributed by atoms with van der Waals surface area (Å²) in [7, 11) is 0. The fourth-order valence-corrected chi connectivity index (χ4v) is 4.76. The Kier molecular flexibility index (Phi) is 6.37. The molecule has 0 bridgehead atoms. The Morgan fingerprint density at radius 3 is 2.55 bits per heavy atom. The van der Waals surface area contributed by atoms with Gasteiger partial charge in [0.25, 0.3) is 11.5 Å². The minimum Gasteiger partial charge on any atom is -0.321 e. The van der Waals surface area contributed by atoms with Crippen LogP contribution < -0.4 is 15.8 Å². The van der Waals surface area contributed by atoms with Crippen LogP contribution in [0.2, 0.25) is 0 Å². The van der Waals surface area contributed by atoms with Gasteiger partial charge in [0.05, 0.1) is 16.6 Å². The number of nitrogens with one attached hydrogen (secondary N) is 1. The zero-order valence-corrected chi connectivity index (χ0v) is 19.5. The second kappa shape index (κ2) is 9.38. The number of benzene rings is 2. The molecule has 0 spiro atoms. The van der Waals surface area contributed by atoms with Crippen LogP contribution in [-0.2, 0) is 11.3 Å². The molecule has 4 aromatic rings. The van der Waals surface area contributed by atoms with E-state index in [1.165, 1.54) is 22.2 Å². The average Bonchev–Trinajstić information content (AvgIpc) is 3.14. The molecule has 7 nitrogen and oxygen atoms in total. The highest BCUT2D eigenvalue weighted by Crippen LogP contribution is 2.27. The van der Waals surface area contributed by atoms with Crippen LogP contribution >= 0.6 is 11.3 Å². The fraction of sp³-hybridized carbons (Fsp3) is 0.200. The van der Waals surface area contributed by atoms with Crippen LogP contribution in [0.15, 0.2) is 65.7 Å². The van der Waals surface area contributed by atoms with Gasteiger partial charge in [-0.05, 0) is 56.2 Å². The highest BCUT2D eigenvalue weighted by Gasteiger charge is 2.21. The van der Waals surface area contributed by atoms with E-state index in [4.69, 9.17) is 0 Å². The normalized spacial score (nSPS) is 10.9. The number of thiophene rings is 1. The number of rotatable bonds is 6. The Morgan fingerprint density at radius 2 is 1.85 bits per heavy atom. The number of hydrogen-bond acceptors (Lipinski definition) is 5. The molecular weight excluding hydrogens is 436 g/mol. The number of aromatic nitrogens is 2. The molecule has 0 unspecified atom stereocenters. The van der Waals surface area contributed by atoms with E-state index in [1.54, 1.807) is 24.0 Å². The number of anilines is 2.